The molecule has 40 heavy (non-hydrogen) atoms. The van der Waals surface area contributed by atoms with Crippen molar-refractivity contribution in [3.63, 3.8) is 0 Å². The minimum absolute atomic E-state index is 0.0102. The lowest BCUT2D eigenvalue weighted by Crippen LogP contribution is -2.49. The van der Waals surface area contributed by atoms with Gasteiger partial charge in [0.2, 0.25) is 12.7 Å². The van der Waals surface area contributed by atoms with Crippen LogP contribution in [0.5, 0.6) is 17.2 Å². The lowest BCUT2D eigenvalue weighted by molar-refractivity contribution is -0.120. The number of likely N-dealkylation sites (N-methyl/N-ethyl adjacent to an activating group) is 1. The molecule has 2 aromatic carbocycles. The molecule has 2 heterocycles. The number of rotatable bonds is 8. The predicted octanol–water partition coefficient (Wildman–Crippen LogP) is 4.29. The van der Waals surface area contributed by atoms with Crippen molar-refractivity contribution in [3.05, 3.63) is 47.5 Å². The van der Waals surface area contributed by atoms with Crippen LogP contribution < -0.4 is 19.5 Å². The Kier molecular flexibility index (Phi) is 8.81. The van der Waals surface area contributed by atoms with Gasteiger partial charge >= 0.3 is 0 Å². The molecule has 216 valence electrons. The van der Waals surface area contributed by atoms with Crippen LogP contribution in [0.2, 0.25) is 0 Å². The van der Waals surface area contributed by atoms with Crippen LogP contribution in [0.25, 0.3) is 0 Å². The second-order valence-electron chi connectivity index (χ2n) is 11.5. The fourth-order valence-corrected chi connectivity index (χ4v) is 5.85. The number of ether oxygens (including phenoxy) is 3. The Morgan fingerprint density at radius 1 is 1.10 bits per heavy atom. The average Bonchev–Trinajstić information content (AvgIpc) is 3.43. The molecule has 2 aliphatic heterocycles. The minimum atomic E-state index is -0.353. The number of aliphatic hydroxyl groups is 1. The predicted molar refractivity (Wildman–Crippen MR) is 152 cm³/mol. The van der Waals surface area contributed by atoms with Gasteiger partial charge in [-0.2, -0.15) is 0 Å². The standard InChI is InChI=1S/C31H41N3O6/c1-20-15-34(21(2)18-35)31(37)25-14-24(32-30(36)23-7-5-4-6-8-23)10-12-26(25)40-29(20)17-33(3)16-22-9-11-27-28(13-22)39-19-38-27/h9-14,20-21,23,29,35H,4-8,15-19H2,1-3H3,(H,32,36)/t20-,21+,29-/m0/s1. The molecule has 0 aromatic heterocycles. The summed E-state index contributed by atoms with van der Waals surface area (Å²) < 4.78 is 17.5. The zero-order valence-electron chi connectivity index (χ0n) is 23.7. The summed E-state index contributed by atoms with van der Waals surface area (Å²) in [4.78, 5) is 30.5. The minimum Gasteiger partial charge on any atom is -0.488 e. The van der Waals surface area contributed by atoms with E-state index in [0.29, 0.717) is 36.6 Å². The summed E-state index contributed by atoms with van der Waals surface area (Å²) in [5, 5.41) is 13.0. The van der Waals surface area contributed by atoms with Crippen LogP contribution in [0.15, 0.2) is 36.4 Å². The van der Waals surface area contributed by atoms with E-state index in [1.54, 1.807) is 17.0 Å². The van der Waals surface area contributed by atoms with Gasteiger partial charge in [0.15, 0.2) is 11.5 Å². The lowest BCUT2D eigenvalue weighted by atomic mass is 9.88. The van der Waals surface area contributed by atoms with Gasteiger partial charge in [0.1, 0.15) is 11.9 Å². The van der Waals surface area contributed by atoms with Crippen LogP contribution in [0.1, 0.15) is 61.9 Å². The van der Waals surface area contributed by atoms with E-state index in [1.165, 1.54) is 6.42 Å². The number of hydrogen-bond acceptors (Lipinski definition) is 7. The summed E-state index contributed by atoms with van der Waals surface area (Å²) in [7, 11) is 2.05. The Hall–Kier alpha value is -3.30. The van der Waals surface area contributed by atoms with Gasteiger partial charge < -0.3 is 29.5 Å². The van der Waals surface area contributed by atoms with Crippen molar-refractivity contribution >= 4 is 17.5 Å². The van der Waals surface area contributed by atoms with Gasteiger partial charge in [0, 0.05) is 37.2 Å². The summed E-state index contributed by atoms with van der Waals surface area (Å²) in [5.41, 5.74) is 2.10. The fourth-order valence-electron chi connectivity index (χ4n) is 5.85. The molecule has 2 N–H and O–H groups in total. The van der Waals surface area contributed by atoms with E-state index < -0.39 is 0 Å². The molecule has 1 aliphatic carbocycles. The Morgan fingerprint density at radius 2 is 1.85 bits per heavy atom. The lowest BCUT2D eigenvalue weighted by Gasteiger charge is -2.38. The molecule has 9 nitrogen and oxygen atoms in total. The molecule has 2 aromatic rings. The normalized spacial score (nSPS) is 21.8. The molecule has 1 fully saturated rings. The molecule has 2 amide bonds. The SMILES string of the molecule is C[C@H](CO)N1C[C@H](C)[C@H](CN(C)Cc2ccc3c(c2)OCO3)Oc2ccc(NC(=O)C3CCCCC3)cc2C1=O. The maximum absolute atomic E-state index is 13.7. The highest BCUT2D eigenvalue weighted by atomic mass is 16.7. The number of benzene rings is 2. The summed E-state index contributed by atoms with van der Waals surface area (Å²) in [6.07, 6.45) is 4.93. The van der Waals surface area contributed by atoms with E-state index in [9.17, 15) is 14.7 Å². The summed E-state index contributed by atoms with van der Waals surface area (Å²) >= 11 is 0. The number of hydrogen-bond donors (Lipinski definition) is 2. The highest BCUT2D eigenvalue weighted by Gasteiger charge is 2.34. The third kappa shape index (κ3) is 6.36. The van der Waals surface area contributed by atoms with E-state index in [0.717, 1.165) is 42.7 Å². The number of aliphatic hydroxyl groups excluding tert-OH is 1. The van der Waals surface area contributed by atoms with E-state index in [2.05, 4.69) is 17.1 Å². The molecular formula is C31H41N3O6. The molecular weight excluding hydrogens is 510 g/mol. The fraction of sp³-hybridized carbons (Fsp3) is 0.548. The van der Waals surface area contributed by atoms with Gasteiger partial charge in [-0.25, -0.2) is 0 Å². The van der Waals surface area contributed by atoms with Gasteiger partial charge in [-0.15, -0.1) is 0 Å². The highest BCUT2D eigenvalue weighted by Crippen LogP contribution is 2.34. The van der Waals surface area contributed by atoms with Gasteiger partial charge in [0.25, 0.3) is 5.91 Å². The van der Waals surface area contributed by atoms with Crippen LogP contribution >= 0.6 is 0 Å². The third-order valence-electron chi connectivity index (χ3n) is 8.29. The first-order valence-electron chi connectivity index (χ1n) is 14.4. The topological polar surface area (TPSA) is 101 Å². The summed E-state index contributed by atoms with van der Waals surface area (Å²) in [6, 6.07) is 10.9. The molecule has 0 spiro atoms. The number of nitrogens with zero attached hydrogens (tertiary/aromatic N) is 2. The Labute approximate surface area is 236 Å². The first-order chi connectivity index (χ1) is 19.3. The monoisotopic (exact) mass is 551 g/mol. The average molecular weight is 552 g/mol. The van der Waals surface area contributed by atoms with Gasteiger partial charge in [-0.1, -0.05) is 32.3 Å². The van der Waals surface area contributed by atoms with E-state index in [4.69, 9.17) is 14.2 Å². The molecule has 1 saturated carbocycles. The molecule has 5 rings (SSSR count). The maximum atomic E-state index is 13.7. The Morgan fingerprint density at radius 3 is 2.62 bits per heavy atom. The van der Waals surface area contributed by atoms with Crippen LogP contribution in [-0.4, -0.2) is 72.4 Å². The van der Waals surface area contributed by atoms with Crippen molar-refractivity contribution in [1.29, 1.82) is 0 Å². The highest BCUT2D eigenvalue weighted by molar-refractivity contribution is 6.00. The van der Waals surface area contributed by atoms with Crippen LogP contribution in [0.3, 0.4) is 0 Å². The molecule has 0 bridgehead atoms. The zero-order valence-corrected chi connectivity index (χ0v) is 23.7. The van der Waals surface area contributed by atoms with Gasteiger partial charge in [-0.3, -0.25) is 14.5 Å². The third-order valence-corrected chi connectivity index (χ3v) is 8.29. The zero-order chi connectivity index (χ0) is 28.2. The van der Waals surface area contributed by atoms with Gasteiger partial charge in [-0.05, 0) is 62.7 Å². The van der Waals surface area contributed by atoms with E-state index >= 15 is 0 Å². The number of nitrogens with one attached hydrogen (secondary N) is 1. The van der Waals surface area contributed by atoms with Crippen molar-refractivity contribution in [2.45, 2.75) is 64.6 Å². The number of carbonyl (C=O) groups excluding carboxylic acids is 2. The molecule has 0 unspecified atom stereocenters. The maximum Gasteiger partial charge on any atom is 0.258 e. The first-order valence-corrected chi connectivity index (χ1v) is 14.4. The first kappa shape index (κ1) is 28.2. The van der Waals surface area contributed by atoms with Gasteiger partial charge in [0.05, 0.1) is 18.2 Å². The van der Waals surface area contributed by atoms with Crippen LogP contribution in [0, 0.1) is 11.8 Å². The Bertz CT molecular complexity index is 1210. The second kappa shape index (κ2) is 12.5. The van der Waals surface area contributed by atoms with Crippen molar-refractivity contribution in [2.75, 3.05) is 38.9 Å². The molecule has 0 radical (unpaired) electrons. The van der Waals surface area contributed by atoms with Crippen LogP contribution in [-0.2, 0) is 11.3 Å². The number of fused-ring (bicyclic) bond motifs is 2. The number of anilines is 1. The summed E-state index contributed by atoms with van der Waals surface area (Å²) in [5.74, 6) is 1.84. The molecule has 9 heteroatoms. The van der Waals surface area contributed by atoms with Crippen molar-refractivity contribution in [2.24, 2.45) is 11.8 Å². The quantitative estimate of drug-likeness (QED) is 0.505. The van der Waals surface area contributed by atoms with Crippen molar-refractivity contribution < 1.29 is 28.9 Å². The Balaban J connectivity index is 1.35. The van der Waals surface area contributed by atoms with Crippen molar-refractivity contribution in [1.82, 2.24) is 9.80 Å². The smallest absolute Gasteiger partial charge is 0.258 e. The van der Waals surface area contributed by atoms with E-state index in [-0.39, 0.29) is 49.2 Å². The number of amides is 2. The van der Waals surface area contributed by atoms with E-state index in [1.807, 2.05) is 38.2 Å². The largest absolute Gasteiger partial charge is 0.488 e. The molecule has 3 aliphatic rings. The van der Waals surface area contributed by atoms with Crippen molar-refractivity contribution in [3.8, 4) is 17.2 Å². The molecule has 0 saturated heterocycles. The summed E-state index contributed by atoms with van der Waals surface area (Å²) in [6.45, 7) is 5.80. The van der Waals surface area contributed by atoms with Crippen LogP contribution in [0.4, 0.5) is 5.69 Å². The molecule has 3 atom stereocenters. The second-order valence-corrected chi connectivity index (χ2v) is 11.5. The number of carbonyl (C=O) groups is 2.